The molecule has 16 heavy (non-hydrogen) atoms. The molecular weight excluding hydrogens is 202 g/mol. The number of carbonyl (C=O) groups is 1. The smallest absolute Gasteiger partial charge is 0.317 e. The van der Waals surface area contributed by atoms with Gasteiger partial charge < -0.3 is 15.5 Å². The summed E-state index contributed by atoms with van der Waals surface area (Å²) in [5, 5.41) is 6.08. The summed E-state index contributed by atoms with van der Waals surface area (Å²) < 4.78 is 0. The van der Waals surface area contributed by atoms with Crippen LogP contribution >= 0.6 is 0 Å². The van der Waals surface area contributed by atoms with E-state index in [1.54, 1.807) is 0 Å². The third-order valence-electron chi connectivity index (χ3n) is 2.71. The Balaban J connectivity index is 1.75. The molecule has 0 radical (unpaired) electrons. The number of aryl methyl sites for hydroxylation is 1. The molecule has 1 heterocycles. The molecule has 1 aromatic rings. The second-order valence-corrected chi connectivity index (χ2v) is 4.01. The lowest BCUT2D eigenvalue weighted by atomic mass is 10.2. The Morgan fingerprint density at radius 2 is 2.12 bits per heavy atom. The second kappa shape index (κ2) is 4.88. The number of benzene rings is 1. The zero-order chi connectivity index (χ0) is 11.4. The lowest BCUT2D eigenvalue weighted by molar-refractivity contribution is 0.219. The highest BCUT2D eigenvalue weighted by Gasteiger charge is 2.17. The van der Waals surface area contributed by atoms with Crippen molar-refractivity contribution in [2.24, 2.45) is 0 Å². The van der Waals surface area contributed by atoms with Crippen LogP contribution in [0.4, 0.5) is 10.5 Å². The first kappa shape index (κ1) is 10.8. The molecule has 86 valence electrons. The summed E-state index contributed by atoms with van der Waals surface area (Å²) in [7, 11) is 0. The van der Waals surface area contributed by atoms with E-state index in [9.17, 15) is 4.79 Å². The van der Waals surface area contributed by atoms with Crippen LogP contribution in [0.1, 0.15) is 5.56 Å². The van der Waals surface area contributed by atoms with Crippen molar-refractivity contribution in [2.75, 3.05) is 31.5 Å². The van der Waals surface area contributed by atoms with Crippen molar-refractivity contribution < 1.29 is 4.79 Å². The fourth-order valence-electron chi connectivity index (χ4n) is 1.73. The van der Waals surface area contributed by atoms with Crippen molar-refractivity contribution in [2.45, 2.75) is 6.92 Å². The average Bonchev–Trinajstić information content (AvgIpc) is 2.68. The summed E-state index contributed by atoms with van der Waals surface area (Å²) in [5.74, 6) is 0. The van der Waals surface area contributed by atoms with Gasteiger partial charge in [0, 0.05) is 31.9 Å². The minimum absolute atomic E-state index is 0.0470. The first-order valence-corrected chi connectivity index (χ1v) is 5.59. The van der Waals surface area contributed by atoms with Crippen molar-refractivity contribution in [3.63, 3.8) is 0 Å². The van der Waals surface area contributed by atoms with Crippen molar-refractivity contribution in [3.05, 3.63) is 29.8 Å². The van der Waals surface area contributed by atoms with E-state index in [-0.39, 0.29) is 6.03 Å². The van der Waals surface area contributed by atoms with Gasteiger partial charge in [-0.05, 0) is 19.1 Å². The highest BCUT2D eigenvalue weighted by Crippen LogP contribution is 2.08. The number of nitrogens with one attached hydrogen (secondary N) is 2. The molecular formula is C12H17N3O. The number of anilines is 1. The van der Waals surface area contributed by atoms with Crippen LogP contribution in [-0.4, -0.2) is 37.1 Å². The summed E-state index contributed by atoms with van der Waals surface area (Å²) in [6.07, 6.45) is 0. The van der Waals surface area contributed by atoms with Gasteiger partial charge in [-0.25, -0.2) is 4.79 Å². The van der Waals surface area contributed by atoms with Gasteiger partial charge in [0.1, 0.15) is 0 Å². The van der Waals surface area contributed by atoms with Gasteiger partial charge in [0.2, 0.25) is 0 Å². The van der Waals surface area contributed by atoms with E-state index < -0.39 is 0 Å². The van der Waals surface area contributed by atoms with Crippen LogP contribution in [0.3, 0.4) is 0 Å². The van der Waals surface area contributed by atoms with E-state index in [1.807, 2.05) is 4.90 Å². The van der Waals surface area contributed by atoms with Crippen LogP contribution in [0.15, 0.2) is 24.3 Å². The maximum atomic E-state index is 11.2. The van der Waals surface area contributed by atoms with E-state index in [1.165, 1.54) is 5.56 Å². The molecule has 2 rings (SSSR count). The molecule has 1 aliphatic rings. The Hall–Kier alpha value is -1.71. The molecule has 4 nitrogen and oxygen atoms in total. The highest BCUT2D eigenvalue weighted by atomic mass is 16.2. The van der Waals surface area contributed by atoms with Crippen molar-refractivity contribution in [1.82, 2.24) is 10.2 Å². The summed E-state index contributed by atoms with van der Waals surface area (Å²) >= 11 is 0. The lowest BCUT2D eigenvalue weighted by Gasteiger charge is -2.14. The zero-order valence-electron chi connectivity index (χ0n) is 9.49. The zero-order valence-corrected chi connectivity index (χ0v) is 9.49. The fraction of sp³-hybridized carbons (Fsp3) is 0.417. The third kappa shape index (κ3) is 2.66. The second-order valence-electron chi connectivity index (χ2n) is 4.01. The molecule has 2 N–H and O–H groups in total. The van der Waals surface area contributed by atoms with Crippen LogP contribution in [0.2, 0.25) is 0 Å². The molecule has 0 aliphatic carbocycles. The molecule has 2 amide bonds. The van der Waals surface area contributed by atoms with E-state index in [2.05, 4.69) is 41.8 Å². The van der Waals surface area contributed by atoms with Gasteiger partial charge in [-0.15, -0.1) is 0 Å². The molecule has 4 heteroatoms. The number of carbonyl (C=O) groups excluding carboxylic acids is 1. The molecule has 1 saturated heterocycles. The maximum Gasteiger partial charge on any atom is 0.317 e. The number of hydrogen-bond acceptors (Lipinski definition) is 2. The quantitative estimate of drug-likeness (QED) is 0.804. The summed E-state index contributed by atoms with van der Waals surface area (Å²) in [6.45, 7) is 5.19. The van der Waals surface area contributed by atoms with Crippen molar-refractivity contribution in [1.29, 1.82) is 0 Å². The van der Waals surface area contributed by atoms with Gasteiger partial charge in [-0.3, -0.25) is 0 Å². The first-order valence-electron chi connectivity index (χ1n) is 5.59. The summed E-state index contributed by atoms with van der Waals surface area (Å²) in [5.41, 5.74) is 2.36. The predicted octanol–water partition coefficient (Wildman–Crippen LogP) is 1.43. The van der Waals surface area contributed by atoms with Gasteiger partial charge in [0.05, 0.1) is 0 Å². The molecule has 0 atom stereocenters. The topological polar surface area (TPSA) is 44.4 Å². The minimum atomic E-state index is 0.0470. The van der Waals surface area contributed by atoms with Crippen LogP contribution < -0.4 is 10.6 Å². The number of nitrogens with zero attached hydrogens (tertiary/aromatic N) is 1. The Morgan fingerprint density at radius 3 is 2.75 bits per heavy atom. The van der Waals surface area contributed by atoms with Crippen LogP contribution in [0.5, 0.6) is 0 Å². The summed E-state index contributed by atoms with van der Waals surface area (Å²) in [6, 6.07) is 8.31. The number of hydrogen-bond donors (Lipinski definition) is 2. The van der Waals surface area contributed by atoms with Crippen molar-refractivity contribution in [3.8, 4) is 0 Å². The number of amides is 2. The third-order valence-corrected chi connectivity index (χ3v) is 2.71. The van der Waals surface area contributed by atoms with Gasteiger partial charge in [-0.1, -0.05) is 17.7 Å². The average molecular weight is 219 g/mol. The molecule has 1 fully saturated rings. The predicted molar refractivity (Wildman–Crippen MR) is 64.6 cm³/mol. The van der Waals surface area contributed by atoms with Gasteiger partial charge in [-0.2, -0.15) is 0 Å². The van der Waals surface area contributed by atoms with E-state index in [4.69, 9.17) is 0 Å². The molecule has 0 saturated carbocycles. The Kier molecular flexibility index (Phi) is 3.29. The fourth-order valence-corrected chi connectivity index (χ4v) is 1.73. The van der Waals surface area contributed by atoms with E-state index >= 15 is 0 Å². The van der Waals surface area contributed by atoms with Gasteiger partial charge >= 0.3 is 6.03 Å². The van der Waals surface area contributed by atoms with Crippen LogP contribution in [0.25, 0.3) is 0 Å². The molecule has 1 aromatic carbocycles. The molecule has 0 bridgehead atoms. The van der Waals surface area contributed by atoms with E-state index in [0.717, 1.165) is 31.9 Å². The van der Waals surface area contributed by atoms with Crippen LogP contribution in [0, 0.1) is 6.92 Å². The highest BCUT2D eigenvalue weighted by molar-refractivity contribution is 5.76. The number of rotatable bonds is 4. The normalized spacial score (nSPS) is 15.1. The minimum Gasteiger partial charge on any atom is -0.383 e. The maximum absolute atomic E-state index is 11.2. The summed E-state index contributed by atoms with van der Waals surface area (Å²) in [4.78, 5) is 13.1. The Bertz CT molecular complexity index is 361. The standard InChI is InChI=1S/C12H17N3O/c1-10-2-4-11(5-3-10)13-6-8-15-9-7-14-12(15)16/h2-5,13H,6-9H2,1H3,(H,14,16). The lowest BCUT2D eigenvalue weighted by Crippen LogP contribution is -2.32. The van der Waals surface area contributed by atoms with E-state index in [0.29, 0.717) is 0 Å². The van der Waals surface area contributed by atoms with Gasteiger partial charge in [0.25, 0.3) is 0 Å². The molecule has 0 unspecified atom stereocenters. The monoisotopic (exact) mass is 219 g/mol. The first-order chi connectivity index (χ1) is 7.75. The Morgan fingerprint density at radius 1 is 1.38 bits per heavy atom. The largest absolute Gasteiger partial charge is 0.383 e. The molecule has 0 spiro atoms. The molecule has 1 aliphatic heterocycles. The molecule has 0 aromatic heterocycles. The SMILES string of the molecule is Cc1ccc(NCCN2CCNC2=O)cc1. The van der Waals surface area contributed by atoms with Crippen LogP contribution in [-0.2, 0) is 0 Å². The van der Waals surface area contributed by atoms with Crippen molar-refractivity contribution >= 4 is 11.7 Å². The number of urea groups is 1. The Labute approximate surface area is 95.6 Å². The van der Waals surface area contributed by atoms with Gasteiger partial charge in [0.15, 0.2) is 0 Å².